The molecular formula is C24H21Cl2NO6S. The smallest absolute Gasteiger partial charge is 0.341 e. The number of carbonyl (C=O) groups is 2. The summed E-state index contributed by atoms with van der Waals surface area (Å²) in [6.45, 7) is 0.290. The Balaban J connectivity index is 2.08. The van der Waals surface area contributed by atoms with E-state index in [1.807, 2.05) is 0 Å². The molecule has 0 fully saturated rings. The van der Waals surface area contributed by atoms with Gasteiger partial charge in [-0.1, -0.05) is 84.7 Å². The van der Waals surface area contributed by atoms with Crippen molar-refractivity contribution in [2.75, 3.05) is 6.54 Å². The molecule has 0 aliphatic rings. The lowest BCUT2D eigenvalue weighted by Crippen LogP contribution is -2.57. The SMILES string of the molecule is C[C@H](c1ccccc1)[C@](Cl)(C(=O)O)N(CC(=O)O)S(=O)(=O)c1ccc(-c2ccc(Cl)cc2)cc1. The van der Waals surface area contributed by atoms with Gasteiger partial charge in [-0.3, -0.25) is 4.79 Å². The molecule has 178 valence electrons. The Hall–Kier alpha value is -2.91. The summed E-state index contributed by atoms with van der Waals surface area (Å²) in [5.74, 6) is -4.32. The monoisotopic (exact) mass is 521 g/mol. The number of nitrogens with zero attached hydrogens (tertiary/aromatic N) is 1. The first-order chi connectivity index (χ1) is 16.0. The molecule has 0 heterocycles. The van der Waals surface area contributed by atoms with Gasteiger partial charge in [-0.15, -0.1) is 0 Å². The molecule has 3 rings (SSSR count). The van der Waals surface area contributed by atoms with Crippen LogP contribution < -0.4 is 0 Å². The number of hydrogen-bond acceptors (Lipinski definition) is 4. The van der Waals surface area contributed by atoms with Crippen LogP contribution in [0.4, 0.5) is 0 Å². The van der Waals surface area contributed by atoms with Crippen molar-refractivity contribution in [1.82, 2.24) is 4.31 Å². The number of carboxylic acid groups (broad SMARTS) is 2. The van der Waals surface area contributed by atoms with Crippen molar-refractivity contribution in [3.05, 3.63) is 89.4 Å². The lowest BCUT2D eigenvalue weighted by molar-refractivity contribution is -0.146. The molecule has 0 aromatic heterocycles. The first-order valence-corrected chi connectivity index (χ1v) is 12.3. The van der Waals surface area contributed by atoms with Gasteiger partial charge in [0, 0.05) is 10.9 Å². The van der Waals surface area contributed by atoms with Crippen molar-refractivity contribution in [3.63, 3.8) is 0 Å². The molecule has 2 atom stereocenters. The van der Waals surface area contributed by atoms with Crippen LogP contribution >= 0.6 is 23.2 Å². The average molecular weight is 522 g/mol. The Kier molecular flexibility index (Phi) is 7.67. The highest BCUT2D eigenvalue weighted by atomic mass is 35.5. The molecule has 0 unspecified atom stereocenters. The summed E-state index contributed by atoms with van der Waals surface area (Å²) in [5, 5.41) is 20.0. The van der Waals surface area contributed by atoms with Gasteiger partial charge in [-0.2, -0.15) is 4.31 Å². The zero-order valence-corrected chi connectivity index (χ0v) is 20.3. The quantitative estimate of drug-likeness (QED) is 0.305. The van der Waals surface area contributed by atoms with E-state index >= 15 is 0 Å². The first kappa shape index (κ1) is 25.7. The van der Waals surface area contributed by atoms with E-state index in [4.69, 9.17) is 23.2 Å². The number of alkyl halides is 1. The number of aliphatic carboxylic acids is 2. The van der Waals surface area contributed by atoms with E-state index in [1.54, 1.807) is 54.6 Å². The van der Waals surface area contributed by atoms with Gasteiger partial charge in [0.2, 0.25) is 15.0 Å². The summed E-state index contributed by atoms with van der Waals surface area (Å²) < 4.78 is 27.4. The van der Waals surface area contributed by atoms with Gasteiger partial charge in [0.15, 0.2) is 0 Å². The molecular weight excluding hydrogens is 501 g/mol. The van der Waals surface area contributed by atoms with Crippen molar-refractivity contribution in [1.29, 1.82) is 0 Å². The summed E-state index contributed by atoms with van der Waals surface area (Å²) in [5.41, 5.74) is 1.91. The highest BCUT2D eigenvalue weighted by Gasteiger charge is 2.54. The van der Waals surface area contributed by atoms with E-state index in [0.717, 1.165) is 5.56 Å². The van der Waals surface area contributed by atoms with Crippen molar-refractivity contribution < 1.29 is 28.2 Å². The summed E-state index contributed by atoms with van der Waals surface area (Å²) >= 11 is 12.4. The van der Waals surface area contributed by atoms with E-state index in [0.29, 0.717) is 20.5 Å². The average Bonchev–Trinajstić information content (AvgIpc) is 2.82. The van der Waals surface area contributed by atoms with E-state index in [1.165, 1.54) is 31.2 Å². The van der Waals surface area contributed by atoms with Crippen LogP contribution in [0, 0.1) is 0 Å². The molecule has 10 heteroatoms. The van der Waals surface area contributed by atoms with Crippen molar-refractivity contribution >= 4 is 45.2 Å². The highest BCUT2D eigenvalue weighted by Crippen LogP contribution is 2.40. The second-order valence-electron chi connectivity index (χ2n) is 7.55. The number of rotatable bonds is 9. The predicted octanol–water partition coefficient (Wildman–Crippen LogP) is 4.91. The van der Waals surface area contributed by atoms with Gasteiger partial charge in [-0.25, -0.2) is 13.2 Å². The molecule has 0 bridgehead atoms. The van der Waals surface area contributed by atoms with Crippen LogP contribution in [-0.2, 0) is 19.6 Å². The third-order valence-corrected chi connectivity index (χ3v) is 8.35. The molecule has 3 aromatic rings. The number of halogens is 2. The third-order valence-electron chi connectivity index (χ3n) is 5.44. The summed E-state index contributed by atoms with van der Waals surface area (Å²) in [4.78, 5) is 21.1. The fourth-order valence-corrected chi connectivity index (χ4v) is 5.74. The lowest BCUT2D eigenvalue weighted by atomic mass is 9.92. The van der Waals surface area contributed by atoms with Gasteiger partial charge < -0.3 is 10.2 Å². The Bertz CT molecular complexity index is 1280. The number of carboxylic acids is 2. The molecule has 0 saturated heterocycles. The fraction of sp³-hybridized carbons (Fsp3) is 0.167. The number of hydrogen-bond donors (Lipinski definition) is 2. The maximum Gasteiger partial charge on any atom is 0.341 e. The molecule has 0 spiro atoms. The van der Waals surface area contributed by atoms with Crippen LogP contribution in [0.3, 0.4) is 0 Å². The van der Waals surface area contributed by atoms with Gasteiger partial charge in [0.1, 0.15) is 6.54 Å². The molecule has 34 heavy (non-hydrogen) atoms. The van der Waals surface area contributed by atoms with E-state index < -0.39 is 39.4 Å². The molecule has 0 aliphatic heterocycles. The summed E-state index contributed by atoms with van der Waals surface area (Å²) in [7, 11) is -4.64. The molecule has 0 saturated carbocycles. The van der Waals surface area contributed by atoms with Crippen LogP contribution in [0.25, 0.3) is 11.1 Å². The number of benzene rings is 3. The van der Waals surface area contributed by atoms with Crippen LogP contribution in [0.15, 0.2) is 83.8 Å². The van der Waals surface area contributed by atoms with Crippen molar-refractivity contribution in [2.45, 2.75) is 22.7 Å². The van der Waals surface area contributed by atoms with E-state index in [9.17, 15) is 28.2 Å². The standard InChI is InChI=1S/C24H21Cl2NO6S/c1-16(17-5-3-2-4-6-17)24(26,23(30)31)27(15-22(28)29)34(32,33)21-13-9-19(10-14-21)18-7-11-20(25)12-8-18/h2-14,16H,15H2,1H3,(H,28,29)(H,30,31)/t16-,24-/m1/s1. The minimum Gasteiger partial charge on any atom is -0.480 e. The zero-order valence-electron chi connectivity index (χ0n) is 17.9. The molecule has 3 aromatic carbocycles. The normalized spacial score (nSPS) is 14.4. The Morgan fingerprint density at radius 2 is 1.41 bits per heavy atom. The van der Waals surface area contributed by atoms with Crippen molar-refractivity contribution in [3.8, 4) is 11.1 Å². The minimum absolute atomic E-state index is 0.294. The zero-order chi connectivity index (χ0) is 25.1. The van der Waals surface area contributed by atoms with Crippen molar-refractivity contribution in [2.24, 2.45) is 0 Å². The summed E-state index contributed by atoms with van der Waals surface area (Å²) in [6.07, 6.45) is 0. The molecule has 0 aliphatic carbocycles. The molecule has 0 radical (unpaired) electrons. The van der Waals surface area contributed by atoms with Crippen LogP contribution in [0.5, 0.6) is 0 Å². The van der Waals surface area contributed by atoms with Gasteiger partial charge in [-0.05, 0) is 41.0 Å². The second-order valence-corrected chi connectivity index (χ2v) is 10.4. The maximum absolute atomic E-state index is 13.5. The first-order valence-electron chi connectivity index (χ1n) is 10.1. The highest BCUT2D eigenvalue weighted by molar-refractivity contribution is 7.89. The molecule has 2 N–H and O–H groups in total. The van der Waals surface area contributed by atoms with Crippen LogP contribution in [-0.4, -0.2) is 46.4 Å². The second kappa shape index (κ2) is 10.1. The minimum atomic E-state index is -4.64. The third kappa shape index (κ3) is 5.10. The maximum atomic E-state index is 13.5. The van der Waals surface area contributed by atoms with Gasteiger partial charge >= 0.3 is 11.9 Å². The van der Waals surface area contributed by atoms with E-state index in [-0.39, 0.29) is 4.90 Å². The fourth-order valence-electron chi connectivity index (χ4n) is 3.56. The molecule has 7 nitrogen and oxygen atoms in total. The topological polar surface area (TPSA) is 112 Å². The van der Waals surface area contributed by atoms with E-state index in [2.05, 4.69) is 0 Å². The Morgan fingerprint density at radius 1 is 0.912 bits per heavy atom. The lowest BCUT2D eigenvalue weighted by Gasteiger charge is -2.38. The summed E-state index contributed by atoms with van der Waals surface area (Å²) in [6, 6.07) is 20.7. The number of sulfonamides is 1. The van der Waals surface area contributed by atoms with Gasteiger partial charge in [0.05, 0.1) is 4.90 Å². The largest absolute Gasteiger partial charge is 0.480 e. The Morgan fingerprint density at radius 3 is 1.88 bits per heavy atom. The Labute approximate surface area is 207 Å². The molecule has 0 amide bonds. The van der Waals surface area contributed by atoms with Crippen LogP contribution in [0.2, 0.25) is 5.02 Å². The van der Waals surface area contributed by atoms with Crippen LogP contribution in [0.1, 0.15) is 18.4 Å². The predicted molar refractivity (Wildman–Crippen MR) is 129 cm³/mol. The van der Waals surface area contributed by atoms with Gasteiger partial charge in [0.25, 0.3) is 0 Å².